The zero-order valence-corrected chi connectivity index (χ0v) is 12.1. The van der Waals surface area contributed by atoms with E-state index >= 15 is 0 Å². The Bertz CT molecular complexity index is 793. The summed E-state index contributed by atoms with van der Waals surface area (Å²) in [6, 6.07) is 4.44. The summed E-state index contributed by atoms with van der Waals surface area (Å²) in [4.78, 5) is 35.5. The number of imide groups is 1. The van der Waals surface area contributed by atoms with Crippen LogP contribution < -0.4 is 16.7 Å². The first-order chi connectivity index (χ1) is 9.49. The van der Waals surface area contributed by atoms with Crippen LogP contribution in [0.25, 0.3) is 11.0 Å². The predicted octanol–water partition coefficient (Wildman–Crippen LogP) is 0.322. The van der Waals surface area contributed by atoms with Crippen molar-refractivity contribution in [2.75, 3.05) is 5.73 Å². The molecule has 0 saturated carbocycles. The summed E-state index contributed by atoms with van der Waals surface area (Å²) < 4.78 is 2.88. The number of nitrogens with two attached hydrogens (primary N) is 1. The van der Waals surface area contributed by atoms with Crippen molar-refractivity contribution in [2.45, 2.75) is 18.9 Å². The maximum atomic E-state index is 12.3. The Morgan fingerprint density at radius 2 is 1.95 bits per heavy atom. The molecule has 3 N–H and O–H groups in total. The van der Waals surface area contributed by atoms with E-state index in [2.05, 4.69) is 5.32 Å². The van der Waals surface area contributed by atoms with Gasteiger partial charge in [0.1, 0.15) is 6.04 Å². The number of rotatable bonds is 1. The molecule has 1 fully saturated rings. The fraction of sp³-hybridized carbons (Fsp3) is 0.308. The third kappa shape index (κ3) is 2.29. The number of aromatic nitrogens is 2. The molecule has 0 radical (unpaired) electrons. The quantitative estimate of drug-likeness (QED) is 0.585. The van der Waals surface area contributed by atoms with Crippen LogP contribution in [0.15, 0.2) is 23.0 Å². The summed E-state index contributed by atoms with van der Waals surface area (Å²) in [5, 5.41) is 2.27. The van der Waals surface area contributed by atoms with E-state index in [1.54, 1.807) is 25.2 Å². The number of hydrogen-bond donors (Lipinski definition) is 2. The van der Waals surface area contributed by atoms with Gasteiger partial charge in [-0.3, -0.25) is 24.0 Å². The molecule has 1 saturated heterocycles. The van der Waals surface area contributed by atoms with E-state index in [-0.39, 0.29) is 30.4 Å². The van der Waals surface area contributed by atoms with Crippen molar-refractivity contribution in [2.24, 2.45) is 7.05 Å². The second kappa shape index (κ2) is 5.25. The van der Waals surface area contributed by atoms with Gasteiger partial charge in [0.2, 0.25) is 11.8 Å². The summed E-state index contributed by atoms with van der Waals surface area (Å²) >= 11 is 0. The standard InChI is InChI=1S/C13H14N4O3.ClH/c1-16-10-6-7(14)2-3-8(10)17(13(16)20)9-4-5-11(18)15-12(9)19;/h2-3,6,9H,4-5,14H2,1H3,(H,15,18,19);1H. The SMILES string of the molecule is Cl.Cn1c(=O)n(C2CCC(=O)NC2=O)c2ccc(N)cc21. The van der Waals surface area contributed by atoms with Gasteiger partial charge in [-0.25, -0.2) is 4.79 Å². The molecule has 3 rings (SSSR count). The molecular weight excluding hydrogens is 296 g/mol. The van der Waals surface area contributed by atoms with Crippen LogP contribution in [0.1, 0.15) is 18.9 Å². The van der Waals surface area contributed by atoms with Gasteiger partial charge in [-0.1, -0.05) is 0 Å². The lowest BCUT2D eigenvalue weighted by molar-refractivity contribution is -0.135. The second-order valence-corrected chi connectivity index (χ2v) is 4.93. The summed E-state index contributed by atoms with van der Waals surface area (Å²) in [7, 11) is 1.63. The fourth-order valence-electron chi connectivity index (χ4n) is 2.61. The molecule has 1 atom stereocenters. The Balaban J connectivity index is 0.00000161. The van der Waals surface area contributed by atoms with Gasteiger partial charge < -0.3 is 5.73 Å². The molecule has 2 heterocycles. The van der Waals surface area contributed by atoms with Crippen molar-refractivity contribution in [1.82, 2.24) is 14.5 Å². The van der Waals surface area contributed by atoms with Gasteiger partial charge in [0.25, 0.3) is 0 Å². The number of hydrogen-bond acceptors (Lipinski definition) is 4. The van der Waals surface area contributed by atoms with E-state index in [0.717, 1.165) is 0 Å². The van der Waals surface area contributed by atoms with Crippen molar-refractivity contribution >= 4 is 40.9 Å². The number of carbonyl (C=O) groups is 2. The van der Waals surface area contributed by atoms with Crippen LogP contribution in [0.4, 0.5) is 5.69 Å². The molecule has 7 nitrogen and oxygen atoms in total. The summed E-state index contributed by atoms with van der Waals surface area (Å²) in [5.74, 6) is -0.739. The zero-order valence-electron chi connectivity index (χ0n) is 11.3. The zero-order chi connectivity index (χ0) is 14.4. The number of piperidine rings is 1. The third-order valence-corrected chi connectivity index (χ3v) is 3.64. The van der Waals surface area contributed by atoms with Crippen molar-refractivity contribution in [3.8, 4) is 0 Å². The van der Waals surface area contributed by atoms with E-state index in [0.29, 0.717) is 23.1 Å². The molecule has 1 aliphatic rings. The molecule has 2 amide bonds. The minimum atomic E-state index is -0.660. The maximum Gasteiger partial charge on any atom is 0.329 e. The highest BCUT2D eigenvalue weighted by Crippen LogP contribution is 2.23. The first kappa shape index (κ1) is 15.1. The van der Waals surface area contributed by atoms with Gasteiger partial charge in [0.15, 0.2) is 0 Å². The number of benzene rings is 1. The molecule has 0 bridgehead atoms. The van der Waals surface area contributed by atoms with Crippen molar-refractivity contribution in [3.63, 3.8) is 0 Å². The summed E-state index contributed by atoms with van der Waals surface area (Å²) in [5.41, 5.74) is 7.29. The van der Waals surface area contributed by atoms with Crippen LogP contribution in [0.2, 0.25) is 0 Å². The molecule has 21 heavy (non-hydrogen) atoms. The number of halogens is 1. The Hall–Kier alpha value is -2.28. The largest absolute Gasteiger partial charge is 0.399 e. The maximum absolute atomic E-state index is 12.3. The number of carbonyl (C=O) groups excluding carboxylic acids is 2. The van der Waals surface area contributed by atoms with Crippen LogP contribution >= 0.6 is 12.4 Å². The first-order valence-electron chi connectivity index (χ1n) is 6.29. The number of amides is 2. The van der Waals surface area contributed by atoms with Crippen LogP contribution in [0.5, 0.6) is 0 Å². The molecule has 1 aliphatic heterocycles. The lowest BCUT2D eigenvalue weighted by Crippen LogP contribution is -2.44. The number of fused-ring (bicyclic) bond motifs is 1. The van der Waals surface area contributed by atoms with Gasteiger partial charge in [-0.15, -0.1) is 12.4 Å². The number of anilines is 1. The number of nitrogens with zero attached hydrogens (tertiary/aromatic N) is 2. The molecule has 1 aromatic carbocycles. The predicted molar refractivity (Wildman–Crippen MR) is 80.3 cm³/mol. The van der Waals surface area contributed by atoms with Crippen molar-refractivity contribution in [1.29, 1.82) is 0 Å². The average molecular weight is 311 g/mol. The smallest absolute Gasteiger partial charge is 0.329 e. The number of imidazole rings is 1. The van der Waals surface area contributed by atoms with Crippen LogP contribution in [0.3, 0.4) is 0 Å². The number of nitrogens with one attached hydrogen (secondary N) is 1. The Morgan fingerprint density at radius 3 is 2.62 bits per heavy atom. The topological polar surface area (TPSA) is 99.1 Å². The van der Waals surface area contributed by atoms with Gasteiger partial charge in [0.05, 0.1) is 11.0 Å². The number of nitrogen functional groups attached to an aromatic ring is 1. The highest BCUT2D eigenvalue weighted by atomic mass is 35.5. The molecule has 0 spiro atoms. The third-order valence-electron chi connectivity index (χ3n) is 3.64. The average Bonchev–Trinajstić information content (AvgIpc) is 2.63. The van der Waals surface area contributed by atoms with Gasteiger partial charge in [-0.2, -0.15) is 0 Å². The molecule has 1 unspecified atom stereocenters. The van der Waals surface area contributed by atoms with E-state index in [9.17, 15) is 14.4 Å². The van der Waals surface area contributed by atoms with Crippen LogP contribution in [-0.2, 0) is 16.6 Å². The van der Waals surface area contributed by atoms with E-state index < -0.39 is 11.9 Å². The Morgan fingerprint density at radius 1 is 1.24 bits per heavy atom. The van der Waals surface area contributed by atoms with Gasteiger partial charge in [-0.05, 0) is 24.6 Å². The monoisotopic (exact) mass is 310 g/mol. The summed E-state index contributed by atoms with van der Waals surface area (Å²) in [6.45, 7) is 0. The second-order valence-electron chi connectivity index (χ2n) is 4.93. The highest BCUT2D eigenvalue weighted by Gasteiger charge is 2.31. The lowest BCUT2D eigenvalue weighted by Gasteiger charge is -2.21. The van der Waals surface area contributed by atoms with Crippen LogP contribution in [0, 0.1) is 0 Å². The van der Waals surface area contributed by atoms with Gasteiger partial charge in [0, 0.05) is 19.2 Å². The van der Waals surface area contributed by atoms with Gasteiger partial charge >= 0.3 is 5.69 Å². The minimum Gasteiger partial charge on any atom is -0.399 e. The molecule has 2 aromatic rings. The fourth-order valence-corrected chi connectivity index (χ4v) is 2.61. The molecule has 0 aliphatic carbocycles. The van der Waals surface area contributed by atoms with E-state index in [4.69, 9.17) is 5.73 Å². The molecule has 112 valence electrons. The lowest BCUT2D eigenvalue weighted by atomic mass is 10.1. The normalized spacial score (nSPS) is 18.4. The molecular formula is C13H15ClN4O3. The van der Waals surface area contributed by atoms with E-state index in [1.807, 2.05) is 0 Å². The molecule has 1 aromatic heterocycles. The Kier molecular flexibility index (Phi) is 3.78. The number of aryl methyl sites for hydroxylation is 1. The van der Waals surface area contributed by atoms with E-state index in [1.165, 1.54) is 9.13 Å². The minimum absolute atomic E-state index is 0. The van der Waals surface area contributed by atoms with Crippen molar-refractivity contribution in [3.05, 3.63) is 28.7 Å². The first-order valence-corrected chi connectivity index (χ1v) is 6.29. The highest BCUT2D eigenvalue weighted by molar-refractivity contribution is 6.00. The van der Waals surface area contributed by atoms with Crippen molar-refractivity contribution < 1.29 is 9.59 Å². The van der Waals surface area contributed by atoms with Crippen LogP contribution in [-0.4, -0.2) is 20.9 Å². The summed E-state index contributed by atoms with van der Waals surface area (Å²) in [6.07, 6.45) is 0.558. The molecule has 8 heteroatoms. The Labute approximate surface area is 126 Å².